The Hall–Kier alpha value is -2.37. The lowest BCUT2D eigenvalue weighted by atomic mass is 10.1. The lowest BCUT2D eigenvalue weighted by molar-refractivity contribution is -0.00418. The van der Waals surface area contributed by atoms with Crippen molar-refractivity contribution in [1.29, 1.82) is 0 Å². The number of hydrogen-bond donors (Lipinski definition) is 0. The van der Waals surface area contributed by atoms with Gasteiger partial charge in [0.05, 0.1) is 24.7 Å². The molecule has 0 N–H and O–H groups in total. The zero-order valence-electron chi connectivity index (χ0n) is 15.1. The SMILES string of the molecule is Cc1oc(-c2ccco2)nc1CN1CCC(OCc2ccccc2)CC1. The predicted molar refractivity (Wildman–Crippen MR) is 98.5 cm³/mol. The van der Waals surface area contributed by atoms with Gasteiger partial charge in [0.25, 0.3) is 5.89 Å². The molecule has 4 rings (SSSR count). The highest BCUT2D eigenvalue weighted by atomic mass is 16.5. The van der Waals surface area contributed by atoms with Crippen LogP contribution in [0.4, 0.5) is 0 Å². The number of piperidine rings is 1. The highest BCUT2D eigenvalue weighted by Crippen LogP contribution is 2.24. The maximum Gasteiger partial charge on any atom is 0.263 e. The molecule has 1 aromatic carbocycles. The summed E-state index contributed by atoms with van der Waals surface area (Å²) in [6, 6.07) is 14.1. The fourth-order valence-corrected chi connectivity index (χ4v) is 3.31. The van der Waals surface area contributed by atoms with Crippen molar-refractivity contribution in [2.24, 2.45) is 0 Å². The fourth-order valence-electron chi connectivity index (χ4n) is 3.31. The highest BCUT2D eigenvalue weighted by Gasteiger charge is 2.22. The Morgan fingerprint density at radius 1 is 1.12 bits per heavy atom. The van der Waals surface area contributed by atoms with Gasteiger partial charge < -0.3 is 13.6 Å². The lowest BCUT2D eigenvalue weighted by Crippen LogP contribution is -2.36. The molecule has 0 amide bonds. The quantitative estimate of drug-likeness (QED) is 0.657. The summed E-state index contributed by atoms with van der Waals surface area (Å²) in [6.45, 7) is 5.50. The largest absolute Gasteiger partial charge is 0.459 e. The zero-order valence-corrected chi connectivity index (χ0v) is 15.1. The lowest BCUT2D eigenvalue weighted by Gasteiger charge is -2.31. The van der Waals surface area contributed by atoms with E-state index >= 15 is 0 Å². The topological polar surface area (TPSA) is 51.6 Å². The molecule has 1 aliphatic heterocycles. The van der Waals surface area contributed by atoms with Crippen molar-refractivity contribution >= 4 is 0 Å². The average molecular weight is 352 g/mol. The van der Waals surface area contributed by atoms with Crippen molar-refractivity contribution in [3.63, 3.8) is 0 Å². The van der Waals surface area contributed by atoms with E-state index in [4.69, 9.17) is 13.6 Å². The standard InChI is InChI=1S/C21H24N2O3/c1-16-19(22-21(26-16)20-8-5-13-24-20)14-23-11-9-18(10-12-23)25-15-17-6-3-2-4-7-17/h2-8,13,18H,9-12,14-15H2,1H3. The van der Waals surface area contributed by atoms with Crippen LogP contribution < -0.4 is 0 Å². The van der Waals surface area contributed by atoms with Crippen LogP contribution in [-0.2, 0) is 17.9 Å². The summed E-state index contributed by atoms with van der Waals surface area (Å²) in [5, 5.41) is 0. The van der Waals surface area contributed by atoms with E-state index in [1.807, 2.05) is 25.1 Å². The van der Waals surface area contributed by atoms with Crippen LogP contribution in [0.5, 0.6) is 0 Å². The molecule has 26 heavy (non-hydrogen) atoms. The molecule has 5 heteroatoms. The first-order chi connectivity index (χ1) is 12.8. The van der Waals surface area contributed by atoms with Gasteiger partial charge in [0.1, 0.15) is 5.76 Å². The molecule has 1 fully saturated rings. The summed E-state index contributed by atoms with van der Waals surface area (Å²) in [6.07, 6.45) is 4.07. The van der Waals surface area contributed by atoms with Crippen molar-refractivity contribution < 1.29 is 13.6 Å². The molecule has 0 aliphatic carbocycles. The minimum absolute atomic E-state index is 0.337. The minimum atomic E-state index is 0.337. The van der Waals surface area contributed by atoms with E-state index in [0.717, 1.165) is 43.9 Å². The van der Waals surface area contributed by atoms with Crippen molar-refractivity contribution in [3.05, 3.63) is 65.7 Å². The number of benzene rings is 1. The van der Waals surface area contributed by atoms with Crippen LogP contribution in [0, 0.1) is 6.92 Å². The maximum atomic E-state index is 6.07. The number of likely N-dealkylation sites (tertiary alicyclic amines) is 1. The molecule has 0 atom stereocenters. The molecule has 136 valence electrons. The molecule has 0 unspecified atom stereocenters. The normalized spacial score (nSPS) is 16.2. The molecule has 0 bridgehead atoms. The first-order valence-electron chi connectivity index (χ1n) is 9.16. The molecule has 3 heterocycles. The maximum absolute atomic E-state index is 6.07. The second kappa shape index (κ2) is 7.89. The number of oxazole rings is 1. The van der Waals surface area contributed by atoms with Gasteiger partial charge in [-0.3, -0.25) is 4.90 Å². The summed E-state index contributed by atoms with van der Waals surface area (Å²) in [5.41, 5.74) is 2.22. The van der Waals surface area contributed by atoms with Gasteiger partial charge in [-0.25, -0.2) is 4.98 Å². The van der Waals surface area contributed by atoms with E-state index in [2.05, 4.69) is 34.1 Å². The van der Waals surface area contributed by atoms with Gasteiger partial charge >= 0.3 is 0 Å². The molecule has 0 saturated carbocycles. The van der Waals surface area contributed by atoms with E-state index in [9.17, 15) is 0 Å². The van der Waals surface area contributed by atoms with Crippen molar-refractivity contribution in [2.45, 2.75) is 39.0 Å². The van der Waals surface area contributed by atoms with E-state index in [0.29, 0.717) is 24.4 Å². The Morgan fingerprint density at radius 2 is 1.92 bits per heavy atom. The molecule has 3 aromatic rings. The third kappa shape index (κ3) is 4.06. The van der Waals surface area contributed by atoms with Gasteiger partial charge in [-0.15, -0.1) is 0 Å². The smallest absolute Gasteiger partial charge is 0.263 e. The second-order valence-corrected chi connectivity index (χ2v) is 6.77. The van der Waals surface area contributed by atoms with Crippen LogP contribution in [0.15, 0.2) is 57.6 Å². The van der Waals surface area contributed by atoms with E-state index in [-0.39, 0.29) is 0 Å². The molecule has 1 aliphatic rings. The zero-order chi connectivity index (χ0) is 17.8. The first kappa shape index (κ1) is 17.1. The Balaban J connectivity index is 1.27. The monoisotopic (exact) mass is 352 g/mol. The van der Waals surface area contributed by atoms with Crippen molar-refractivity contribution in [1.82, 2.24) is 9.88 Å². The summed E-state index contributed by atoms with van der Waals surface area (Å²) < 4.78 is 17.2. The van der Waals surface area contributed by atoms with Crippen LogP contribution in [0.1, 0.15) is 29.9 Å². The molecule has 5 nitrogen and oxygen atoms in total. The van der Waals surface area contributed by atoms with Crippen LogP contribution in [0.2, 0.25) is 0 Å². The molecule has 0 radical (unpaired) electrons. The molecular weight excluding hydrogens is 328 g/mol. The number of ether oxygens (including phenoxy) is 1. The minimum Gasteiger partial charge on any atom is -0.459 e. The Morgan fingerprint density at radius 3 is 2.65 bits per heavy atom. The van der Waals surface area contributed by atoms with Crippen molar-refractivity contribution in [3.8, 4) is 11.7 Å². The van der Waals surface area contributed by atoms with Gasteiger partial charge in [-0.05, 0) is 37.5 Å². The third-order valence-corrected chi connectivity index (χ3v) is 4.86. The number of aryl methyl sites for hydroxylation is 1. The second-order valence-electron chi connectivity index (χ2n) is 6.77. The average Bonchev–Trinajstić information content (AvgIpc) is 3.32. The van der Waals surface area contributed by atoms with Crippen LogP contribution in [0.3, 0.4) is 0 Å². The number of aromatic nitrogens is 1. The van der Waals surface area contributed by atoms with Gasteiger partial charge in [0, 0.05) is 19.6 Å². The summed E-state index contributed by atoms with van der Waals surface area (Å²) in [4.78, 5) is 7.02. The van der Waals surface area contributed by atoms with Gasteiger partial charge in [0.2, 0.25) is 0 Å². The molecule has 0 spiro atoms. The van der Waals surface area contributed by atoms with Crippen molar-refractivity contribution in [2.75, 3.05) is 13.1 Å². The number of nitrogens with zero attached hydrogens (tertiary/aromatic N) is 2. The van der Waals surface area contributed by atoms with Crippen LogP contribution in [-0.4, -0.2) is 29.1 Å². The first-order valence-corrected chi connectivity index (χ1v) is 9.16. The van der Waals surface area contributed by atoms with Gasteiger partial charge in [-0.1, -0.05) is 30.3 Å². The summed E-state index contributed by atoms with van der Waals surface area (Å²) in [5.74, 6) is 2.09. The van der Waals surface area contributed by atoms with Crippen LogP contribution in [0.25, 0.3) is 11.7 Å². The molecule has 2 aromatic heterocycles. The van der Waals surface area contributed by atoms with E-state index in [1.165, 1.54) is 5.56 Å². The highest BCUT2D eigenvalue weighted by molar-refractivity contribution is 5.44. The van der Waals surface area contributed by atoms with E-state index in [1.54, 1.807) is 6.26 Å². The predicted octanol–water partition coefficient (Wildman–Crippen LogP) is 4.42. The third-order valence-electron chi connectivity index (χ3n) is 4.86. The Bertz CT molecular complexity index is 803. The van der Waals surface area contributed by atoms with E-state index < -0.39 is 0 Å². The van der Waals surface area contributed by atoms with Gasteiger partial charge in [-0.2, -0.15) is 0 Å². The van der Waals surface area contributed by atoms with Crippen LogP contribution >= 0.6 is 0 Å². The molecular formula is C21H24N2O3. The fraction of sp³-hybridized carbons (Fsp3) is 0.381. The number of furan rings is 1. The summed E-state index contributed by atoms with van der Waals surface area (Å²) >= 11 is 0. The summed E-state index contributed by atoms with van der Waals surface area (Å²) in [7, 11) is 0. The number of hydrogen-bond acceptors (Lipinski definition) is 5. The Kier molecular flexibility index (Phi) is 5.18. The van der Waals surface area contributed by atoms with Gasteiger partial charge in [0.15, 0.2) is 5.76 Å². The Labute approximate surface area is 153 Å². The number of rotatable bonds is 6. The molecule has 1 saturated heterocycles.